The summed E-state index contributed by atoms with van der Waals surface area (Å²) in [6.45, 7) is 2.07. The number of aliphatic hydroxyl groups is 1. The van der Waals surface area contributed by atoms with E-state index in [1.54, 1.807) is 0 Å². The lowest BCUT2D eigenvalue weighted by Gasteiger charge is -2.20. The van der Waals surface area contributed by atoms with Crippen LogP contribution >= 0.6 is 0 Å². The van der Waals surface area contributed by atoms with Crippen LogP contribution in [0.3, 0.4) is 0 Å². The Kier molecular flexibility index (Phi) is 7.35. The normalized spacial score (nSPS) is 9.53. The minimum Gasteiger partial charge on any atom is -0.447 e. The average Bonchev–Trinajstić information content (AvgIpc) is 2.24. The monoisotopic (exact) mass is 218 g/mol. The first-order valence-corrected chi connectivity index (χ1v) is 4.88. The van der Waals surface area contributed by atoms with Gasteiger partial charge in [-0.25, -0.2) is 4.79 Å². The van der Waals surface area contributed by atoms with Crippen molar-refractivity contribution in [1.82, 2.24) is 10.2 Å². The molecular weight excluding hydrogens is 200 g/mol. The summed E-state index contributed by atoms with van der Waals surface area (Å²) in [5, 5.41) is 10.9. The number of aliphatic hydroxyl groups excluding tert-OH is 1. The molecule has 0 saturated carbocycles. The van der Waals surface area contributed by atoms with Crippen molar-refractivity contribution in [3.05, 3.63) is 0 Å². The molecular formula is C9H18N2O4. The molecule has 0 fully saturated rings. The maximum atomic E-state index is 11.4. The molecule has 0 aromatic rings. The lowest BCUT2D eigenvalue weighted by Crippen LogP contribution is -2.40. The van der Waals surface area contributed by atoms with Crippen LogP contribution in [0.2, 0.25) is 0 Å². The van der Waals surface area contributed by atoms with Crippen LogP contribution in [0.4, 0.5) is 4.79 Å². The highest BCUT2D eigenvalue weighted by Gasteiger charge is 2.16. The Hall–Kier alpha value is -1.30. The highest BCUT2D eigenvalue weighted by molar-refractivity contribution is 5.81. The van der Waals surface area contributed by atoms with E-state index in [0.717, 1.165) is 6.42 Å². The van der Waals surface area contributed by atoms with Gasteiger partial charge in [0.15, 0.2) is 0 Å². The number of ether oxygens (including phenoxy) is 1. The smallest absolute Gasteiger partial charge is 0.410 e. The molecule has 2 amide bonds. The fourth-order valence-electron chi connectivity index (χ4n) is 0.981. The van der Waals surface area contributed by atoms with Gasteiger partial charge in [-0.15, -0.1) is 0 Å². The Morgan fingerprint density at radius 2 is 2.13 bits per heavy atom. The summed E-state index contributed by atoms with van der Waals surface area (Å²) in [4.78, 5) is 23.7. The van der Waals surface area contributed by atoms with Gasteiger partial charge < -0.3 is 15.2 Å². The molecule has 0 saturated heterocycles. The van der Waals surface area contributed by atoms with Crippen LogP contribution in [-0.2, 0) is 9.53 Å². The van der Waals surface area contributed by atoms with E-state index in [2.05, 4.69) is 5.32 Å². The van der Waals surface area contributed by atoms with E-state index < -0.39 is 6.09 Å². The minimum absolute atomic E-state index is 0.0192. The molecule has 0 aliphatic rings. The SMILES string of the molecule is CCCN(CC(=O)NC)C(=O)OCCO. The molecule has 0 rings (SSSR count). The van der Waals surface area contributed by atoms with E-state index in [0.29, 0.717) is 6.54 Å². The van der Waals surface area contributed by atoms with E-state index in [4.69, 9.17) is 9.84 Å². The zero-order chi connectivity index (χ0) is 11.7. The third-order valence-corrected chi connectivity index (χ3v) is 1.68. The maximum absolute atomic E-state index is 11.4. The van der Waals surface area contributed by atoms with Gasteiger partial charge in [0, 0.05) is 13.6 Å². The Balaban J connectivity index is 4.11. The van der Waals surface area contributed by atoms with E-state index >= 15 is 0 Å². The number of nitrogens with one attached hydrogen (secondary N) is 1. The van der Waals surface area contributed by atoms with Crippen molar-refractivity contribution in [1.29, 1.82) is 0 Å². The Morgan fingerprint density at radius 3 is 2.60 bits per heavy atom. The molecule has 0 unspecified atom stereocenters. The van der Waals surface area contributed by atoms with Crippen LogP contribution in [-0.4, -0.2) is 55.4 Å². The Bertz CT molecular complexity index is 208. The quantitative estimate of drug-likeness (QED) is 0.634. The first-order valence-electron chi connectivity index (χ1n) is 4.88. The van der Waals surface area contributed by atoms with Gasteiger partial charge >= 0.3 is 6.09 Å². The van der Waals surface area contributed by atoms with Gasteiger partial charge in [0.1, 0.15) is 13.2 Å². The molecule has 0 atom stereocenters. The molecule has 0 radical (unpaired) electrons. The topological polar surface area (TPSA) is 78.9 Å². The Labute approximate surface area is 89.2 Å². The van der Waals surface area contributed by atoms with Crippen molar-refractivity contribution in [3.8, 4) is 0 Å². The van der Waals surface area contributed by atoms with Gasteiger partial charge in [0.05, 0.1) is 6.61 Å². The molecule has 0 aliphatic heterocycles. The summed E-state index contributed by atoms with van der Waals surface area (Å²) in [5.74, 6) is -0.246. The third kappa shape index (κ3) is 5.90. The second-order valence-electron chi connectivity index (χ2n) is 2.93. The van der Waals surface area contributed by atoms with Crippen LogP contribution in [0.5, 0.6) is 0 Å². The summed E-state index contributed by atoms with van der Waals surface area (Å²) in [7, 11) is 1.51. The summed E-state index contributed by atoms with van der Waals surface area (Å²) in [6.07, 6.45) is 0.167. The molecule has 2 N–H and O–H groups in total. The number of hydrogen-bond acceptors (Lipinski definition) is 4. The van der Waals surface area contributed by atoms with Crippen molar-refractivity contribution in [3.63, 3.8) is 0 Å². The fraction of sp³-hybridized carbons (Fsp3) is 0.778. The first kappa shape index (κ1) is 13.7. The van der Waals surface area contributed by atoms with Crippen LogP contribution in [0.1, 0.15) is 13.3 Å². The number of amides is 2. The minimum atomic E-state index is -0.575. The zero-order valence-corrected chi connectivity index (χ0v) is 9.15. The van der Waals surface area contributed by atoms with Crippen molar-refractivity contribution >= 4 is 12.0 Å². The molecule has 0 heterocycles. The lowest BCUT2D eigenvalue weighted by atomic mass is 10.4. The van der Waals surface area contributed by atoms with Gasteiger partial charge in [-0.1, -0.05) is 6.92 Å². The summed E-state index contributed by atoms with van der Waals surface area (Å²) in [6, 6.07) is 0. The summed E-state index contributed by atoms with van der Waals surface area (Å²) in [5.41, 5.74) is 0. The van der Waals surface area contributed by atoms with Gasteiger partial charge in [0.25, 0.3) is 0 Å². The molecule has 0 spiro atoms. The predicted octanol–water partition coefficient (Wildman–Crippen LogP) is -0.427. The van der Waals surface area contributed by atoms with E-state index in [-0.39, 0.29) is 25.7 Å². The predicted molar refractivity (Wildman–Crippen MR) is 54.4 cm³/mol. The second-order valence-corrected chi connectivity index (χ2v) is 2.93. The van der Waals surface area contributed by atoms with Crippen LogP contribution < -0.4 is 5.32 Å². The van der Waals surface area contributed by atoms with Crippen molar-refractivity contribution in [2.75, 3.05) is 33.4 Å². The van der Waals surface area contributed by atoms with Crippen molar-refractivity contribution in [2.45, 2.75) is 13.3 Å². The summed E-state index contributed by atoms with van der Waals surface area (Å²) >= 11 is 0. The van der Waals surface area contributed by atoms with Gasteiger partial charge in [0.2, 0.25) is 5.91 Å². The van der Waals surface area contributed by atoms with E-state index in [1.807, 2.05) is 6.92 Å². The average molecular weight is 218 g/mol. The third-order valence-electron chi connectivity index (χ3n) is 1.68. The van der Waals surface area contributed by atoms with E-state index in [9.17, 15) is 9.59 Å². The van der Waals surface area contributed by atoms with Gasteiger partial charge in [-0.3, -0.25) is 9.69 Å². The second kappa shape index (κ2) is 8.05. The summed E-state index contributed by atoms with van der Waals surface area (Å²) < 4.78 is 4.71. The molecule has 0 aromatic carbocycles. The number of rotatable bonds is 6. The van der Waals surface area contributed by atoms with Crippen LogP contribution in [0, 0.1) is 0 Å². The standard InChI is InChI=1S/C9H18N2O4/c1-3-4-11(7-8(13)10-2)9(14)15-6-5-12/h12H,3-7H2,1-2H3,(H,10,13). The molecule has 0 aromatic heterocycles. The number of likely N-dealkylation sites (N-methyl/N-ethyl adjacent to an activating group) is 1. The number of hydrogen-bond donors (Lipinski definition) is 2. The fourth-order valence-corrected chi connectivity index (χ4v) is 0.981. The first-order chi connectivity index (χ1) is 7.15. The van der Waals surface area contributed by atoms with Gasteiger partial charge in [-0.2, -0.15) is 0 Å². The molecule has 88 valence electrons. The number of carbonyl (C=O) groups is 2. The maximum Gasteiger partial charge on any atom is 0.410 e. The largest absolute Gasteiger partial charge is 0.447 e. The molecule has 6 nitrogen and oxygen atoms in total. The molecule has 6 heteroatoms. The van der Waals surface area contributed by atoms with Crippen LogP contribution in [0.25, 0.3) is 0 Å². The number of carbonyl (C=O) groups excluding carboxylic acids is 2. The highest BCUT2D eigenvalue weighted by atomic mass is 16.6. The molecule has 0 bridgehead atoms. The highest BCUT2D eigenvalue weighted by Crippen LogP contribution is 1.96. The molecule has 15 heavy (non-hydrogen) atoms. The van der Waals surface area contributed by atoms with Gasteiger partial charge in [-0.05, 0) is 6.42 Å². The van der Waals surface area contributed by atoms with Crippen LogP contribution in [0.15, 0.2) is 0 Å². The van der Waals surface area contributed by atoms with E-state index in [1.165, 1.54) is 11.9 Å². The number of nitrogens with zero attached hydrogens (tertiary/aromatic N) is 1. The zero-order valence-electron chi connectivity index (χ0n) is 9.15. The molecule has 0 aliphatic carbocycles. The Morgan fingerprint density at radius 1 is 1.47 bits per heavy atom. The van der Waals surface area contributed by atoms with Crippen molar-refractivity contribution in [2.24, 2.45) is 0 Å². The lowest BCUT2D eigenvalue weighted by molar-refractivity contribution is -0.121. The van der Waals surface area contributed by atoms with Crippen molar-refractivity contribution < 1.29 is 19.4 Å².